The van der Waals surface area contributed by atoms with E-state index in [4.69, 9.17) is 4.52 Å². The van der Waals surface area contributed by atoms with Gasteiger partial charge < -0.3 is 9.63 Å². The Morgan fingerprint density at radius 3 is 2.79 bits per heavy atom. The van der Waals surface area contributed by atoms with Crippen LogP contribution >= 0.6 is 0 Å². The second kappa shape index (κ2) is 5.44. The lowest BCUT2D eigenvalue weighted by Crippen LogP contribution is -1.99. The van der Waals surface area contributed by atoms with E-state index in [2.05, 4.69) is 10.1 Å². The Kier molecular flexibility index (Phi) is 3.90. The van der Waals surface area contributed by atoms with Gasteiger partial charge in [-0.3, -0.25) is 0 Å². The largest absolute Gasteiger partial charge is 0.385 e. The number of aromatic nitrogens is 2. The fourth-order valence-corrected chi connectivity index (χ4v) is 1.73. The number of rotatable bonds is 4. The monoisotopic (exact) mass is 268 g/mol. The molecule has 102 valence electrons. The van der Waals surface area contributed by atoms with Crippen molar-refractivity contribution in [1.82, 2.24) is 10.1 Å². The molecule has 2 rings (SSSR count). The highest BCUT2D eigenvalue weighted by Crippen LogP contribution is 2.28. The Hall–Kier alpha value is -1.82. The normalized spacial score (nSPS) is 12.7. The summed E-state index contributed by atoms with van der Waals surface area (Å²) in [4.78, 5) is 3.85. The number of aliphatic hydroxyl groups is 1. The molecule has 0 fully saturated rings. The van der Waals surface area contributed by atoms with Gasteiger partial charge in [-0.2, -0.15) is 4.98 Å². The minimum Gasteiger partial charge on any atom is -0.385 e. The van der Waals surface area contributed by atoms with Crippen LogP contribution in [-0.4, -0.2) is 15.2 Å². The SMILES string of the molecule is CCCC(O)c1noc(-c2c(F)ccc(C)c2F)n1. The first-order valence-corrected chi connectivity index (χ1v) is 6.01. The predicted octanol–water partition coefficient (Wildman–Crippen LogP) is 3.16. The summed E-state index contributed by atoms with van der Waals surface area (Å²) in [7, 11) is 0. The quantitative estimate of drug-likeness (QED) is 0.925. The van der Waals surface area contributed by atoms with Gasteiger partial charge in [0.15, 0.2) is 0 Å². The summed E-state index contributed by atoms with van der Waals surface area (Å²) >= 11 is 0. The molecule has 1 unspecified atom stereocenters. The first kappa shape index (κ1) is 13.6. The summed E-state index contributed by atoms with van der Waals surface area (Å²) in [5.74, 6) is -1.73. The lowest BCUT2D eigenvalue weighted by molar-refractivity contribution is 0.153. The first-order chi connectivity index (χ1) is 9.04. The van der Waals surface area contributed by atoms with Crippen LogP contribution in [0.1, 0.15) is 37.3 Å². The molecule has 19 heavy (non-hydrogen) atoms. The second-order valence-corrected chi connectivity index (χ2v) is 4.32. The molecule has 0 amide bonds. The highest BCUT2D eigenvalue weighted by molar-refractivity contribution is 5.56. The van der Waals surface area contributed by atoms with E-state index < -0.39 is 17.7 Å². The molecular formula is C13H14F2N2O2. The highest BCUT2D eigenvalue weighted by Gasteiger charge is 2.22. The third-order valence-electron chi connectivity index (χ3n) is 2.80. The van der Waals surface area contributed by atoms with Gasteiger partial charge >= 0.3 is 0 Å². The summed E-state index contributed by atoms with van der Waals surface area (Å²) < 4.78 is 32.4. The van der Waals surface area contributed by atoms with Gasteiger partial charge in [-0.05, 0) is 25.0 Å². The van der Waals surface area contributed by atoms with Crippen molar-refractivity contribution in [1.29, 1.82) is 0 Å². The molecule has 1 N–H and O–H groups in total. The maximum atomic E-state index is 13.9. The highest BCUT2D eigenvalue weighted by atomic mass is 19.1. The predicted molar refractivity (Wildman–Crippen MR) is 64.3 cm³/mol. The van der Waals surface area contributed by atoms with E-state index in [0.717, 1.165) is 12.5 Å². The number of nitrogens with zero attached hydrogens (tertiary/aromatic N) is 2. The molecular weight excluding hydrogens is 254 g/mol. The third-order valence-corrected chi connectivity index (χ3v) is 2.80. The number of hydrogen-bond acceptors (Lipinski definition) is 4. The molecule has 0 radical (unpaired) electrons. The maximum Gasteiger partial charge on any atom is 0.264 e. The van der Waals surface area contributed by atoms with E-state index in [1.165, 1.54) is 13.0 Å². The molecule has 6 heteroatoms. The average Bonchev–Trinajstić information content (AvgIpc) is 2.84. The number of aryl methyl sites for hydroxylation is 1. The van der Waals surface area contributed by atoms with Crippen molar-refractivity contribution in [3.63, 3.8) is 0 Å². The number of aliphatic hydroxyl groups excluding tert-OH is 1. The van der Waals surface area contributed by atoms with Crippen LogP contribution in [-0.2, 0) is 0 Å². The first-order valence-electron chi connectivity index (χ1n) is 6.01. The van der Waals surface area contributed by atoms with Gasteiger partial charge in [0.1, 0.15) is 23.3 Å². The van der Waals surface area contributed by atoms with E-state index in [1.807, 2.05) is 6.92 Å². The lowest BCUT2D eigenvalue weighted by Gasteiger charge is -2.03. The molecule has 0 saturated carbocycles. The number of hydrogen-bond donors (Lipinski definition) is 1. The van der Waals surface area contributed by atoms with Gasteiger partial charge in [-0.1, -0.05) is 24.6 Å². The zero-order chi connectivity index (χ0) is 14.0. The van der Waals surface area contributed by atoms with Crippen LogP contribution in [0.4, 0.5) is 8.78 Å². The van der Waals surface area contributed by atoms with Crippen molar-refractivity contribution in [2.24, 2.45) is 0 Å². The van der Waals surface area contributed by atoms with Crippen LogP contribution in [0.15, 0.2) is 16.7 Å². The Bertz CT molecular complexity index is 584. The van der Waals surface area contributed by atoms with Crippen molar-refractivity contribution in [2.75, 3.05) is 0 Å². The van der Waals surface area contributed by atoms with Crippen LogP contribution in [0.2, 0.25) is 0 Å². The second-order valence-electron chi connectivity index (χ2n) is 4.32. The summed E-state index contributed by atoms with van der Waals surface area (Å²) in [5, 5.41) is 13.3. The van der Waals surface area contributed by atoms with E-state index in [1.54, 1.807) is 0 Å². The smallest absolute Gasteiger partial charge is 0.264 e. The Balaban J connectivity index is 2.41. The molecule has 1 atom stereocenters. The van der Waals surface area contributed by atoms with Gasteiger partial charge in [0, 0.05) is 0 Å². The van der Waals surface area contributed by atoms with Crippen molar-refractivity contribution < 1.29 is 18.4 Å². The molecule has 4 nitrogen and oxygen atoms in total. The average molecular weight is 268 g/mol. The number of halogens is 2. The summed E-state index contributed by atoms with van der Waals surface area (Å²) in [6.45, 7) is 3.41. The number of benzene rings is 1. The van der Waals surface area contributed by atoms with Gasteiger partial charge in [0.05, 0.1) is 0 Å². The molecule has 0 bridgehead atoms. The van der Waals surface area contributed by atoms with Crippen molar-refractivity contribution in [3.8, 4) is 11.5 Å². The third kappa shape index (κ3) is 2.63. The van der Waals surface area contributed by atoms with Gasteiger partial charge in [0.25, 0.3) is 5.89 Å². The summed E-state index contributed by atoms with van der Waals surface area (Å²) in [6, 6.07) is 2.47. The molecule has 0 spiro atoms. The minimum absolute atomic E-state index is 0.0390. The summed E-state index contributed by atoms with van der Waals surface area (Å²) in [6.07, 6.45) is 0.300. The van der Waals surface area contributed by atoms with Crippen molar-refractivity contribution in [2.45, 2.75) is 32.8 Å². The van der Waals surface area contributed by atoms with Crippen LogP contribution in [0, 0.1) is 18.6 Å². The molecule has 1 aromatic carbocycles. The molecule has 0 aliphatic heterocycles. The Morgan fingerprint density at radius 1 is 1.37 bits per heavy atom. The fourth-order valence-electron chi connectivity index (χ4n) is 1.73. The van der Waals surface area contributed by atoms with Crippen molar-refractivity contribution in [3.05, 3.63) is 35.2 Å². The Morgan fingerprint density at radius 2 is 2.11 bits per heavy atom. The van der Waals surface area contributed by atoms with E-state index >= 15 is 0 Å². The zero-order valence-corrected chi connectivity index (χ0v) is 10.7. The zero-order valence-electron chi connectivity index (χ0n) is 10.7. The van der Waals surface area contributed by atoms with Gasteiger partial charge in [-0.15, -0.1) is 0 Å². The summed E-state index contributed by atoms with van der Waals surface area (Å²) in [5.41, 5.74) is -0.0762. The standard InChI is InChI=1S/C13H14F2N2O2/c1-3-4-9(18)12-16-13(19-17-12)10-8(14)6-5-7(2)11(10)15/h5-6,9,18H,3-4H2,1-2H3. The molecule has 1 aromatic heterocycles. The minimum atomic E-state index is -0.890. The van der Waals surface area contributed by atoms with Crippen LogP contribution in [0.5, 0.6) is 0 Å². The topological polar surface area (TPSA) is 59.2 Å². The molecule has 1 heterocycles. The van der Waals surface area contributed by atoms with E-state index in [9.17, 15) is 13.9 Å². The van der Waals surface area contributed by atoms with Gasteiger partial charge in [0.2, 0.25) is 5.82 Å². The lowest BCUT2D eigenvalue weighted by atomic mass is 10.1. The fraction of sp³-hybridized carbons (Fsp3) is 0.385. The Labute approximate surface area is 109 Å². The van der Waals surface area contributed by atoms with E-state index in [-0.39, 0.29) is 22.8 Å². The molecule has 0 aliphatic rings. The van der Waals surface area contributed by atoms with Crippen LogP contribution in [0.3, 0.4) is 0 Å². The van der Waals surface area contributed by atoms with E-state index in [0.29, 0.717) is 6.42 Å². The van der Waals surface area contributed by atoms with Crippen LogP contribution < -0.4 is 0 Å². The van der Waals surface area contributed by atoms with Gasteiger partial charge in [-0.25, -0.2) is 8.78 Å². The molecule has 2 aromatic rings. The maximum absolute atomic E-state index is 13.9. The molecule has 0 saturated heterocycles. The van der Waals surface area contributed by atoms with Crippen molar-refractivity contribution >= 4 is 0 Å². The molecule has 0 aliphatic carbocycles. The van der Waals surface area contributed by atoms with Crippen LogP contribution in [0.25, 0.3) is 11.5 Å².